The van der Waals surface area contributed by atoms with Gasteiger partial charge in [0.1, 0.15) is 5.82 Å². The van der Waals surface area contributed by atoms with E-state index in [1.807, 2.05) is 6.92 Å². The van der Waals surface area contributed by atoms with Gasteiger partial charge in [-0.1, -0.05) is 18.5 Å². The summed E-state index contributed by atoms with van der Waals surface area (Å²) in [6.07, 6.45) is 1.99. The van der Waals surface area contributed by atoms with Crippen LogP contribution in [0.5, 0.6) is 0 Å². The zero-order chi connectivity index (χ0) is 9.68. The number of nitrogens with one attached hydrogen (secondary N) is 1. The Kier molecular flexibility index (Phi) is 3.99. The summed E-state index contributed by atoms with van der Waals surface area (Å²) in [5, 5.41) is 12.9. The second-order valence-electron chi connectivity index (χ2n) is 2.80. The summed E-state index contributed by atoms with van der Waals surface area (Å²) in [6.45, 7) is 2.45. The SMILES string of the molecule is CCC(O)CNc1ccc(Cl)cn1. The fourth-order valence-electron chi connectivity index (χ4n) is 0.847. The van der Waals surface area contributed by atoms with E-state index in [-0.39, 0.29) is 6.10 Å². The maximum atomic E-state index is 9.26. The molecule has 1 heterocycles. The van der Waals surface area contributed by atoms with Gasteiger partial charge in [0.2, 0.25) is 0 Å². The summed E-state index contributed by atoms with van der Waals surface area (Å²) in [6, 6.07) is 3.54. The van der Waals surface area contributed by atoms with Gasteiger partial charge in [-0.2, -0.15) is 0 Å². The van der Waals surface area contributed by atoms with E-state index in [0.29, 0.717) is 11.6 Å². The predicted octanol–water partition coefficient (Wildman–Crippen LogP) is 1.92. The zero-order valence-electron chi connectivity index (χ0n) is 7.50. The van der Waals surface area contributed by atoms with Crippen LogP contribution < -0.4 is 5.32 Å². The fraction of sp³-hybridized carbons (Fsp3) is 0.444. The van der Waals surface area contributed by atoms with Gasteiger partial charge < -0.3 is 10.4 Å². The highest BCUT2D eigenvalue weighted by molar-refractivity contribution is 6.30. The second-order valence-corrected chi connectivity index (χ2v) is 3.24. The summed E-state index contributed by atoms with van der Waals surface area (Å²) in [5.41, 5.74) is 0. The lowest BCUT2D eigenvalue weighted by Gasteiger charge is -2.09. The number of hydrogen-bond acceptors (Lipinski definition) is 3. The fourth-order valence-corrected chi connectivity index (χ4v) is 0.959. The molecular weight excluding hydrogens is 188 g/mol. The van der Waals surface area contributed by atoms with Crippen LogP contribution >= 0.6 is 11.6 Å². The van der Waals surface area contributed by atoms with E-state index < -0.39 is 0 Å². The third kappa shape index (κ3) is 3.61. The molecule has 13 heavy (non-hydrogen) atoms. The Balaban J connectivity index is 2.41. The quantitative estimate of drug-likeness (QED) is 0.781. The van der Waals surface area contributed by atoms with Gasteiger partial charge in [0, 0.05) is 12.7 Å². The summed E-state index contributed by atoms with van der Waals surface area (Å²) in [5.74, 6) is 0.733. The van der Waals surface area contributed by atoms with Crippen molar-refractivity contribution in [3.63, 3.8) is 0 Å². The summed E-state index contributed by atoms with van der Waals surface area (Å²) in [7, 11) is 0. The van der Waals surface area contributed by atoms with Crippen molar-refractivity contribution in [1.29, 1.82) is 0 Å². The van der Waals surface area contributed by atoms with E-state index in [0.717, 1.165) is 12.2 Å². The first-order valence-electron chi connectivity index (χ1n) is 4.26. The lowest BCUT2D eigenvalue weighted by atomic mass is 10.3. The van der Waals surface area contributed by atoms with Crippen molar-refractivity contribution in [1.82, 2.24) is 4.98 Å². The number of halogens is 1. The molecule has 1 rings (SSSR count). The molecule has 1 unspecified atom stereocenters. The van der Waals surface area contributed by atoms with Crippen molar-refractivity contribution in [2.45, 2.75) is 19.4 Å². The molecule has 1 aromatic heterocycles. The highest BCUT2D eigenvalue weighted by atomic mass is 35.5. The van der Waals surface area contributed by atoms with E-state index in [4.69, 9.17) is 11.6 Å². The molecule has 0 aliphatic carbocycles. The normalized spacial score (nSPS) is 12.5. The molecule has 0 bridgehead atoms. The molecule has 0 saturated carbocycles. The molecule has 0 saturated heterocycles. The van der Waals surface area contributed by atoms with E-state index in [2.05, 4.69) is 10.3 Å². The first kappa shape index (κ1) is 10.3. The first-order valence-corrected chi connectivity index (χ1v) is 4.63. The van der Waals surface area contributed by atoms with Gasteiger partial charge in [0.15, 0.2) is 0 Å². The van der Waals surface area contributed by atoms with Crippen LogP contribution in [0.2, 0.25) is 5.02 Å². The van der Waals surface area contributed by atoms with Crippen LogP contribution in [0.3, 0.4) is 0 Å². The third-order valence-electron chi connectivity index (χ3n) is 1.72. The average molecular weight is 201 g/mol. The van der Waals surface area contributed by atoms with Crippen LogP contribution in [0, 0.1) is 0 Å². The Morgan fingerprint density at radius 3 is 2.92 bits per heavy atom. The first-order chi connectivity index (χ1) is 6.22. The van der Waals surface area contributed by atoms with Crippen LogP contribution in [-0.4, -0.2) is 22.7 Å². The maximum absolute atomic E-state index is 9.26. The van der Waals surface area contributed by atoms with Gasteiger partial charge in [-0.15, -0.1) is 0 Å². The number of aliphatic hydroxyl groups is 1. The Morgan fingerprint density at radius 2 is 2.38 bits per heavy atom. The van der Waals surface area contributed by atoms with E-state index in [1.165, 1.54) is 0 Å². The Bertz CT molecular complexity index is 250. The van der Waals surface area contributed by atoms with Gasteiger partial charge >= 0.3 is 0 Å². The number of rotatable bonds is 4. The van der Waals surface area contributed by atoms with E-state index in [9.17, 15) is 5.11 Å². The van der Waals surface area contributed by atoms with Crippen molar-refractivity contribution in [2.24, 2.45) is 0 Å². The summed E-state index contributed by atoms with van der Waals surface area (Å²) >= 11 is 5.66. The van der Waals surface area contributed by atoms with Gasteiger partial charge in [-0.3, -0.25) is 0 Å². The van der Waals surface area contributed by atoms with Gasteiger partial charge in [0.25, 0.3) is 0 Å². The highest BCUT2D eigenvalue weighted by Gasteiger charge is 2.00. The van der Waals surface area contributed by atoms with E-state index >= 15 is 0 Å². The van der Waals surface area contributed by atoms with Crippen molar-refractivity contribution in [2.75, 3.05) is 11.9 Å². The van der Waals surface area contributed by atoms with E-state index in [1.54, 1.807) is 18.3 Å². The molecule has 0 aliphatic rings. The molecule has 0 spiro atoms. The third-order valence-corrected chi connectivity index (χ3v) is 1.94. The molecular formula is C9H13ClN2O. The molecule has 0 fully saturated rings. The topological polar surface area (TPSA) is 45.1 Å². The molecule has 2 N–H and O–H groups in total. The predicted molar refractivity (Wildman–Crippen MR) is 54.0 cm³/mol. The standard InChI is InChI=1S/C9H13ClN2O/c1-2-8(13)6-12-9-4-3-7(10)5-11-9/h3-5,8,13H,2,6H2,1H3,(H,11,12). The minimum absolute atomic E-state index is 0.322. The van der Waals surface area contributed by atoms with Crippen molar-refractivity contribution < 1.29 is 5.11 Å². The summed E-state index contributed by atoms with van der Waals surface area (Å²) < 4.78 is 0. The van der Waals surface area contributed by atoms with Gasteiger partial charge in [-0.05, 0) is 18.6 Å². The van der Waals surface area contributed by atoms with Crippen LogP contribution in [0.4, 0.5) is 5.82 Å². The summed E-state index contributed by atoms with van der Waals surface area (Å²) in [4.78, 5) is 4.03. The zero-order valence-corrected chi connectivity index (χ0v) is 8.25. The number of aliphatic hydroxyl groups excluding tert-OH is 1. The number of pyridine rings is 1. The van der Waals surface area contributed by atoms with Gasteiger partial charge in [0.05, 0.1) is 11.1 Å². The molecule has 1 atom stereocenters. The van der Waals surface area contributed by atoms with Crippen molar-refractivity contribution in [3.8, 4) is 0 Å². The number of anilines is 1. The average Bonchev–Trinajstić information content (AvgIpc) is 2.16. The van der Waals surface area contributed by atoms with Crippen molar-refractivity contribution in [3.05, 3.63) is 23.4 Å². The molecule has 0 aliphatic heterocycles. The Labute approximate surface area is 82.8 Å². The Hall–Kier alpha value is -0.800. The van der Waals surface area contributed by atoms with Crippen LogP contribution in [0.15, 0.2) is 18.3 Å². The van der Waals surface area contributed by atoms with Crippen LogP contribution in [-0.2, 0) is 0 Å². The lowest BCUT2D eigenvalue weighted by molar-refractivity contribution is 0.183. The lowest BCUT2D eigenvalue weighted by Crippen LogP contribution is -2.18. The maximum Gasteiger partial charge on any atom is 0.126 e. The molecule has 4 heteroatoms. The molecule has 0 amide bonds. The number of aromatic nitrogens is 1. The van der Waals surface area contributed by atoms with Gasteiger partial charge in [-0.25, -0.2) is 4.98 Å². The van der Waals surface area contributed by atoms with Crippen molar-refractivity contribution >= 4 is 17.4 Å². The minimum Gasteiger partial charge on any atom is -0.391 e. The van der Waals surface area contributed by atoms with Crippen LogP contribution in [0.25, 0.3) is 0 Å². The Morgan fingerprint density at radius 1 is 1.62 bits per heavy atom. The van der Waals surface area contributed by atoms with Crippen LogP contribution in [0.1, 0.15) is 13.3 Å². The molecule has 72 valence electrons. The minimum atomic E-state index is -0.322. The molecule has 1 aromatic rings. The largest absolute Gasteiger partial charge is 0.391 e. The monoisotopic (exact) mass is 200 g/mol. The smallest absolute Gasteiger partial charge is 0.126 e. The molecule has 3 nitrogen and oxygen atoms in total. The second kappa shape index (κ2) is 5.04. The molecule has 0 aromatic carbocycles. The number of hydrogen-bond donors (Lipinski definition) is 2. The number of nitrogens with zero attached hydrogens (tertiary/aromatic N) is 1. The highest BCUT2D eigenvalue weighted by Crippen LogP contribution is 2.09. The molecule has 0 radical (unpaired) electrons.